The molecule has 1 aliphatic heterocycles. The van der Waals surface area contributed by atoms with Crippen LogP contribution in [0, 0.1) is 0 Å². The number of Topliss-reactive ketones (excluding diaryl/α,β-unsaturated/α-hetero) is 1. The Bertz CT molecular complexity index is 479. The highest BCUT2D eigenvalue weighted by Gasteiger charge is 2.35. The molecule has 0 radical (unpaired) electrons. The molecule has 1 aliphatic rings. The Labute approximate surface area is 106 Å². The minimum Gasteiger partial charge on any atom is -0.481 e. The summed E-state index contributed by atoms with van der Waals surface area (Å²) < 4.78 is 10.4. The van der Waals surface area contributed by atoms with E-state index in [2.05, 4.69) is 0 Å². The van der Waals surface area contributed by atoms with Gasteiger partial charge in [-0.1, -0.05) is 19.1 Å². The van der Waals surface area contributed by atoms with Crippen molar-refractivity contribution in [3.8, 4) is 5.75 Å². The molecule has 1 aromatic carbocycles. The van der Waals surface area contributed by atoms with Crippen LogP contribution in [0.15, 0.2) is 18.2 Å². The summed E-state index contributed by atoms with van der Waals surface area (Å²) in [6.07, 6.45) is 0.0151. The van der Waals surface area contributed by atoms with E-state index in [-0.39, 0.29) is 12.2 Å². The molecule has 0 bridgehead atoms. The molecule has 0 amide bonds. The molecule has 0 saturated carbocycles. The van der Waals surface area contributed by atoms with E-state index in [1.54, 1.807) is 13.0 Å². The van der Waals surface area contributed by atoms with Gasteiger partial charge in [-0.15, -0.1) is 0 Å². The maximum absolute atomic E-state index is 12.2. The number of carbonyl (C=O) groups excluding carboxylic acids is 2. The molecule has 0 N–H and O–H groups in total. The van der Waals surface area contributed by atoms with Crippen molar-refractivity contribution in [1.82, 2.24) is 0 Å². The average molecular weight is 248 g/mol. The van der Waals surface area contributed by atoms with Gasteiger partial charge in [-0.3, -0.25) is 9.59 Å². The van der Waals surface area contributed by atoms with Gasteiger partial charge in [-0.2, -0.15) is 0 Å². The molecule has 0 spiro atoms. The van der Waals surface area contributed by atoms with Gasteiger partial charge in [0.05, 0.1) is 18.6 Å². The van der Waals surface area contributed by atoms with Crippen LogP contribution in [0.5, 0.6) is 5.75 Å². The zero-order valence-corrected chi connectivity index (χ0v) is 10.6. The van der Waals surface area contributed by atoms with Gasteiger partial charge in [-0.25, -0.2) is 0 Å². The van der Waals surface area contributed by atoms with Crippen molar-refractivity contribution in [2.24, 2.45) is 0 Å². The second-order valence-corrected chi connectivity index (χ2v) is 4.12. The van der Waals surface area contributed by atoms with Crippen LogP contribution >= 0.6 is 0 Å². The molecule has 0 aromatic heterocycles. The summed E-state index contributed by atoms with van der Waals surface area (Å²) in [6, 6.07) is 5.53. The number of hydrogen-bond donors (Lipinski definition) is 0. The lowest BCUT2D eigenvalue weighted by Crippen LogP contribution is -2.25. The Balaban J connectivity index is 2.18. The lowest BCUT2D eigenvalue weighted by atomic mass is 9.99. The van der Waals surface area contributed by atoms with Crippen LogP contribution in [-0.4, -0.2) is 24.5 Å². The third-order valence-electron chi connectivity index (χ3n) is 2.96. The van der Waals surface area contributed by atoms with E-state index in [1.165, 1.54) is 0 Å². The zero-order valence-electron chi connectivity index (χ0n) is 10.6. The number of benzene rings is 1. The fourth-order valence-corrected chi connectivity index (χ4v) is 2.12. The Hall–Kier alpha value is -1.84. The van der Waals surface area contributed by atoms with Crippen molar-refractivity contribution >= 4 is 11.8 Å². The number of hydrogen-bond acceptors (Lipinski definition) is 4. The Morgan fingerprint density at radius 1 is 1.39 bits per heavy atom. The number of fused-ring (bicyclic) bond motifs is 1. The van der Waals surface area contributed by atoms with Crippen LogP contribution in [0.3, 0.4) is 0 Å². The molecule has 96 valence electrons. The fourth-order valence-electron chi connectivity index (χ4n) is 2.12. The highest BCUT2D eigenvalue weighted by molar-refractivity contribution is 6.07. The molecule has 0 fully saturated rings. The van der Waals surface area contributed by atoms with E-state index < -0.39 is 12.1 Å². The summed E-state index contributed by atoms with van der Waals surface area (Å²) in [5, 5.41) is 0. The van der Waals surface area contributed by atoms with E-state index in [4.69, 9.17) is 9.47 Å². The van der Waals surface area contributed by atoms with Crippen molar-refractivity contribution in [2.45, 2.75) is 32.8 Å². The van der Waals surface area contributed by atoms with Gasteiger partial charge in [0.2, 0.25) is 5.78 Å². The van der Waals surface area contributed by atoms with Crippen molar-refractivity contribution in [3.05, 3.63) is 29.3 Å². The van der Waals surface area contributed by atoms with Gasteiger partial charge < -0.3 is 9.47 Å². The minimum atomic E-state index is -0.730. The molecule has 1 unspecified atom stereocenters. The van der Waals surface area contributed by atoms with Crippen LogP contribution in [0.1, 0.15) is 36.2 Å². The topological polar surface area (TPSA) is 52.6 Å². The van der Waals surface area contributed by atoms with Crippen molar-refractivity contribution in [3.63, 3.8) is 0 Å². The van der Waals surface area contributed by atoms with E-state index in [0.29, 0.717) is 17.9 Å². The van der Waals surface area contributed by atoms with Gasteiger partial charge in [0, 0.05) is 0 Å². The summed E-state index contributed by atoms with van der Waals surface area (Å²) in [7, 11) is 0. The van der Waals surface area contributed by atoms with Gasteiger partial charge in [0.15, 0.2) is 6.10 Å². The average Bonchev–Trinajstić information content (AvgIpc) is 2.67. The smallest absolute Gasteiger partial charge is 0.310 e. The van der Waals surface area contributed by atoms with Crippen LogP contribution < -0.4 is 4.74 Å². The van der Waals surface area contributed by atoms with Gasteiger partial charge >= 0.3 is 5.97 Å². The first kappa shape index (κ1) is 12.6. The maximum atomic E-state index is 12.2. The normalized spacial score (nSPS) is 17.2. The fraction of sp³-hybridized carbons (Fsp3) is 0.429. The summed E-state index contributed by atoms with van der Waals surface area (Å²) in [4.78, 5) is 23.6. The number of esters is 1. The first-order valence-corrected chi connectivity index (χ1v) is 6.15. The van der Waals surface area contributed by atoms with Gasteiger partial charge in [0.25, 0.3) is 0 Å². The van der Waals surface area contributed by atoms with E-state index >= 15 is 0 Å². The largest absolute Gasteiger partial charge is 0.481 e. The van der Waals surface area contributed by atoms with E-state index in [9.17, 15) is 9.59 Å². The Morgan fingerprint density at radius 2 is 2.17 bits per heavy atom. The molecular formula is C14H16O4. The third kappa shape index (κ3) is 2.23. The molecule has 4 heteroatoms. The van der Waals surface area contributed by atoms with Crippen molar-refractivity contribution < 1.29 is 19.1 Å². The first-order valence-electron chi connectivity index (χ1n) is 6.15. The number of aryl methyl sites for hydroxylation is 1. The van der Waals surface area contributed by atoms with Gasteiger partial charge in [-0.05, 0) is 25.0 Å². The number of rotatable bonds is 4. The minimum absolute atomic E-state index is 0.0233. The van der Waals surface area contributed by atoms with Gasteiger partial charge in [0.1, 0.15) is 5.75 Å². The Morgan fingerprint density at radius 3 is 2.83 bits per heavy atom. The predicted octanol–water partition coefficient (Wildman–Crippen LogP) is 2.15. The highest BCUT2D eigenvalue weighted by Crippen LogP contribution is 2.32. The molecule has 1 heterocycles. The van der Waals surface area contributed by atoms with Crippen LogP contribution in [0.4, 0.5) is 0 Å². The monoisotopic (exact) mass is 248 g/mol. The molecule has 1 atom stereocenters. The van der Waals surface area contributed by atoms with Crippen molar-refractivity contribution in [2.75, 3.05) is 6.61 Å². The zero-order chi connectivity index (χ0) is 13.1. The summed E-state index contributed by atoms with van der Waals surface area (Å²) >= 11 is 0. The van der Waals surface area contributed by atoms with Crippen molar-refractivity contribution in [1.29, 1.82) is 0 Å². The number of carbonyl (C=O) groups is 2. The highest BCUT2D eigenvalue weighted by atomic mass is 16.5. The molecule has 18 heavy (non-hydrogen) atoms. The van der Waals surface area contributed by atoms with E-state index in [0.717, 1.165) is 12.0 Å². The first-order chi connectivity index (χ1) is 8.67. The molecule has 4 nitrogen and oxygen atoms in total. The lowest BCUT2D eigenvalue weighted by molar-refractivity contribution is -0.144. The molecule has 1 aromatic rings. The second kappa shape index (κ2) is 5.21. The maximum Gasteiger partial charge on any atom is 0.310 e. The van der Waals surface area contributed by atoms with Crippen LogP contribution in [0.25, 0.3) is 0 Å². The molecular weight excluding hydrogens is 232 g/mol. The Kier molecular flexibility index (Phi) is 3.65. The number of ether oxygens (including phenoxy) is 2. The second-order valence-electron chi connectivity index (χ2n) is 4.12. The summed E-state index contributed by atoms with van der Waals surface area (Å²) in [5.41, 5.74) is 1.58. The predicted molar refractivity (Wildman–Crippen MR) is 65.8 cm³/mol. The standard InChI is InChI=1S/C14H16O4/c1-3-9-6-5-7-10-13(9)14(16)11(18-10)8-12(15)17-4-2/h5-7,11H,3-4,8H2,1-2H3. The van der Waals surface area contributed by atoms with Crippen LogP contribution in [-0.2, 0) is 16.0 Å². The quantitative estimate of drug-likeness (QED) is 0.766. The summed E-state index contributed by atoms with van der Waals surface area (Å²) in [5.74, 6) is 0.0610. The van der Waals surface area contributed by atoms with Crippen LogP contribution in [0.2, 0.25) is 0 Å². The SMILES string of the molecule is CCOC(=O)CC1Oc2cccc(CC)c2C1=O. The molecule has 0 saturated heterocycles. The lowest BCUT2D eigenvalue weighted by Gasteiger charge is -2.07. The molecule has 2 rings (SSSR count). The third-order valence-corrected chi connectivity index (χ3v) is 2.96. The number of ketones is 1. The van der Waals surface area contributed by atoms with E-state index in [1.807, 2.05) is 19.1 Å². The molecule has 0 aliphatic carbocycles. The summed E-state index contributed by atoms with van der Waals surface area (Å²) in [6.45, 7) is 4.04.